The van der Waals surface area contributed by atoms with Crippen LogP contribution in [0.15, 0.2) is 18.2 Å². The third-order valence-electron chi connectivity index (χ3n) is 7.58. The van der Waals surface area contributed by atoms with Crippen molar-refractivity contribution in [3.63, 3.8) is 0 Å². The predicted molar refractivity (Wildman–Crippen MR) is 116 cm³/mol. The number of rotatable bonds is 4. The summed E-state index contributed by atoms with van der Waals surface area (Å²) in [6.07, 6.45) is 7.07. The lowest BCUT2D eigenvalue weighted by molar-refractivity contribution is -0.136. The van der Waals surface area contributed by atoms with Gasteiger partial charge in [-0.3, -0.25) is 24.6 Å². The summed E-state index contributed by atoms with van der Waals surface area (Å²) in [5, 5.41) is 6.09. The zero-order valence-electron chi connectivity index (χ0n) is 18.1. The molecule has 0 spiro atoms. The van der Waals surface area contributed by atoms with Crippen molar-refractivity contribution in [3.8, 4) is 0 Å². The Morgan fingerprint density at radius 3 is 2.58 bits per heavy atom. The van der Waals surface area contributed by atoms with E-state index in [1.807, 2.05) is 12.1 Å². The summed E-state index contributed by atoms with van der Waals surface area (Å²) in [6.45, 7) is 4.52. The minimum absolute atomic E-state index is 0.0682. The molecule has 3 saturated heterocycles. The monoisotopic (exact) mass is 424 g/mol. The highest BCUT2D eigenvalue weighted by Gasteiger charge is 2.40. The Balaban J connectivity index is 1.24. The first-order valence-electron chi connectivity index (χ1n) is 11.8. The molecule has 5 rings (SSSR count). The van der Waals surface area contributed by atoms with Gasteiger partial charge in [0, 0.05) is 31.1 Å². The lowest BCUT2D eigenvalue weighted by atomic mass is 9.85. The Hall–Kier alpha value is -2.25. The van der Waals surface area contributed by atoms with Gasteiger partial charge in [-0.25, -0.2) is 0 Å². The number of carbonyl (C=O) groups excluding carboxylic acids is 3. The summed E-state index contributed by atoms with van der Waals surface area (Å²) in [5.41, 5.74) is 2.82. The highest BCUT2D eigenvalue weighted by atomic mass is 16.2. The summed E-state index contributed by atoms with van der Waals surface area (Å²) >= 11 is 0. The van der Waals surface area contributed by atoms with Gasteiger partial charge in [-0.1, -0.05) is 24.6 Å². The van der Waals surface area contributed by atoms with Gasteiger partial charge in [0.15, 0.2) is 0 Å². The molecule has 7 heteroatoms. The molecule has 0 aromatic heterocycles. The van der Waals surface area contributed by atoms with Crippen LogP contribution in [0, 0.1) is 5.92 Å². The van der Waals surface area contributed by atoms with Gasteiger partial charge in [-0.2, -0.15) is 0 Å². The number of imide groups is 1. The van der Waals surface area contributed by atoms with Gasteiger partial charge in [0.1, 0.15) is 6.04 Å². The number of hydrogen-bond acceptors (Lipinski definition) is 5. The minimum Gasteiger partial charge on any atom is -0.322 e. The second-order valence-corrected chi connectivity index (χ2v) is 9.52. The first kappa shape index (κ1) is 20.6. The van der Waals surface area contributed by atoms with Gasteiger partial charge in [0.2, 0.25) is 11.8 Å². The van der Waals surface area contributed by atoms with Gasteiger partial charge in [-0.15, -0.1) is 0 Å². The second kappa shape index (κ2) is 8.71. The SMILES string of the molecule is O=C1CCC(N2Cc3cccc(CN4CCC(C5CCCCN5)CC4)c3C2=O)C(=O)N1. The molecular weight excluding hydrogens is 392 g/mol. The molecular formula is C24H32N4O3. The molecule has 3 amide bonds. The smallest absolute Gasteiger partial charge is 0.255 e. The first-order chi connectivity index (χ1) is 15.1. The Morgan fingerprint density at radius 2 is 1.84 bits per heavy atom. The van der Waals surface area contributed by atoms with Gasteiger partial charge < -0.3 is 10.2 Å². The fourth-order valence-electron chi connectivity index (χ4n) is 5.86. The lowest BCUT2D eigenvalue weighted by Crippen LogP contribution is -2.52. The lowest BCUT2D eigenvalue weighted by Gasteiger charge is -2.38. The van der Waals surface area contributed by atoms with Crippen molar-refractivity contribution in [2.75, 3.05) is 19.6 Å². The van der Waals surface area contributed by atoms with E-state index >= 15 is 0 Å². The Kier molecular flexibility index (Phi) is 5.80. The number of benzene rings is 1. The van der Waals surface area contributed by atoms with Gasteiger partial charge in [-0.05, 0) is 68.8 Å². The van der Waals surface area contributed by atoms with Crippen LogP contribution in [-0.4, -0.2) is 59.2 Å². The third-order valence-corrected chi connectivity index (χ3v) is 7.58. The van der Waals surface area contributed by atoms with Crippen LogP contribution in [0.4, 0.5) is 0 Å². The van der Waals surface area contributed by atoms with Crippen molar-refractivity contribution >= 4 is 17.7 Å². The van der Waals surface area contributed by atoms with Crippen molar-refractivity contribution in [1.82, 2.24) is 20.4 Å². The average Bonchev–Trinajstić information content (AvgIpc) is 3.12. The van der Waals surface area contributed by atoms with E-state index in [-0.39, 0.29) is 24.1 Å². The number of likely N-dealkylation sites (tertiary alicyclic amines) is 1. The Morgan fingerprint density at radius 1 is 1.00 bits per heavy atom. The Bertz CT molecular complexity index is 872. The fourth-order valence-corrected chi connectivity index (χ4v) is 5.86. The average molecular weight is 425 g/mol. The van der Waals surface area contributed by atoms with E-state index in [0.29, 0.717) is 19.0 Å². The molecule has 0 radical (unpaired) electrons. The molecule has 2 atom stereocenters. The van der Waals surface area contributed by atoms with E-state index in [0.717, 1.165) is 48.8 Å². The quantitative estimate of drug-likeness (QED) is 0.721. The summed E-state index contributed by atoms with van der Waals surface area (Å²) < 4.78 is 0. The second-order valence-electron chi connectivity index (χ2n) is 9.52. The summed E-state index contributed by atoms with van der Waals surface area (Å²) in [4.78, 5) is 41.2. The third kappa shape index (κ3) is 4.13. The maximum absolute atomic E-state index is 13.3. The zero-order valence-corrected chi connectivity index (χ0v) is 18.1. The number of fused-ring (bicyclic) bond motifs is 1. The maximum atomic E-state index is 13.3. The van der Waals surface area contributed by atoms with Crippen molar-refractivity contribution in [2.45, 2.75) is 70.1 Å². The predicted octanol–water partition coefficient (Wildman–Crippen LogP) is 1.80. The molecule has 0 saturated carbocycles. The maximum Gasteiger partial charge on any atom is 0.255 e. The number of nitrogens with zero attached hydrogens (tertiary/aromatic N) is 2. The molecule has 0 aliphatic carbocycles. The first-order valence-corrected chi connectivity index (χ1v) is 11.8. The number of amides is 3. The number of carbonyl (C=O) groups is 3. The number of nitrogens with one attached hydrogen (secondary N) is 2. The standard InChI is InChI=1S/C24H32N4O3/c29-21-8-7-20(23(30)26-21)28-15-18-5-3-4-17(22(18)24(28)31)14-27-12-9-16(10-13-27)19-6-1-2-11-25-19/h3-5,16,19-20,25H,1-2,6-15H2,(H,26,29,30). The van der Waals surface area contributed by atoms with Crippen LogP contribution in [0.3, 0.4) is 0 Å². The minimum atomic E-state index is -0.552. The van der Waals surface area contributed by atoms with Crippen molar-refractivity contribution in [1.29, 1.82) is 0 Å². The summed E-state index contributed by atoms with van der Waals surface area (Å²) in [5.74, 6) is 0.0966. The summed E-state index contributed by atoms with van der Waals surface area (Å²) in [6, 6.07) is 6.20. The Labute approximate surface area is 183 Å². The van der Waals surface area contributed by atoms with Gasteiger partial charge in [0.25, 0.3) is 5.91 Å². The van der Waals surface area contributed by atoms with Crippen LogP contribution >= 0.6 is 0 Å². The molecule has 0 bridgehead atoms. The normalized spacial score (nSPS) is 28.0. The molecule has 4 aliphatic rings. The van der Waals surface area contributed by atoms with Gasteiger partial charge in [0.05, 0.1) is 0 Å². The molecule has 3 fully saturated rings. The molecule has 1 aromatic rings. The van der Waals surface area contributed by atoms with Crippen LogP contribution in [0.5, 0.6) is 0 Å². The molecule has 4 aliphatic heterocycles. The number of hydrogen-bond donors (Lipinski definition) is 2. The highest BCUT2D eigenvalue weighted by Crippen LogP contribution is 2.32. The van der Waals surface area contributed by atoms with E-state index in [1.54, 1.807) is 4.90 Å². The van der Waals surface area contributed by atoms with E-state index < -0.39 is 6.04 Å². The van der Waals surface area contributed by atoms with E-state index in [9.17, 15) is 14.4 Å². The van der Waals surface area contributed by atoms with Crippen molar-refractivity contribution in [3.05, 3.63) is 34.9 Å². The van der Waals surface area contributed by atoms with Crippen LogP contribution < -0.4 is 10.6 Å². The van der Waals surface area contributed by atoms with Crippen LogP contribution in [0.25, 0.3) is 0 Å². The zero-order chi connectivity index (χ0) is 21.4. The van der Waals surface area contributed by atoms with Crippen LogP contribution in [-0.2, 0) is 22.7 Å². The van der Waals surface area contributed by atoms with Crippen molar-refractivity contribution in [2.24, 2.45) is 5.92 Å². The molecule has 2 unspecified atom stereocenters. The van der Waals surface area contributed by atoms with Gasteiger partial charge >= 0.3 is 0 Å². The van der Waals surface area contributed by atoms with E-state index in [2.05, 4.69) is 21.6 Å². The molecule has 166 valence electrons. The molecule has 2 N–H and O–H groups in total. The van der Waals surface area contributed by atoms with Crippen molar-refractivity contribution < 1.29 is 14.4 Å². The molecule has 31 heavy (non-hydrogen) atoms. The molecule has 7 nitrogen and oxygen atoms in total. The molecule has 4 heterocycles. The van der Waals surface area contributed by atoms with E-state index in [4.69, 9.17) is 0 Å². The highest BCUT2D eigenvalue weighted by molar-refractivity contribution is 6.05. The van der Waals surface area contributed by atoms with E-state index in [1.165, 1.54) is 32.1 Å². The van der Waals surface area contributed by atoms with Crippen LogP contribution in [0.2, 0.25) is 0 Å². The fraction of sp³-hybridized carbons (Fsp3) is 0.625. The number of piperidine rings is 3. The van der Waals surface area contributed by atoms with Crippen LogP contribution in [0.1, 0.15) is 66.4 Å². The largest absolute Gasteiger partial charge is 0.322 e. The summed E-state index contributed by atoms with van der Waals surface area (Å²) in [7, 11) is 0. The topological polar surface area (TPSA) is 81.8 Å². The molecule has 1 aromatic carbocycles.